The summed E-state index contributed by atoms with van der Waals surface area (Å²) in [6, 6.07) is 5.22. The highest BCUT2D eigenvalue weighted by molar-refractivity contribution is 8.04. The Balaban J connectivity index is 2.37. The molecular weight excluding hydrogens is 326 g/mol. The van der Waals surface area contributed by atoms with E-state index < -0.39 is 4.87 Å². The molecule has 0 saturated heterocycles. The molecule has 0 spiro atoms. The average molecular weight is 349 g/mol. The molecule has 0 bridgehead atoms. The second kappa shape index (κ2) is 7.75. The predicted molar refractivity (Wildman–Crippen MR) is 95.0 cm³/mol. The van der Waals surface area contributed by atoms with Gasteiger partial charge in [-0.15, -0.1) is 0 Å². The van der Waals surface area contributed by atoms with Crippen LogP contribution in [0.4, 0.5) is 0 Å². The first-order chi connectivity index (χ1) is 11.4. The Morgan fingerprint density at radius 1 is 1.42 bits per heavy atom. The molecule has 0 amide bonds. The van der Waals surface area contributed by atoms with Gasteiger partial charge in [0.2, 0.25) is 4.87 Å². The Kier molecular flexibility index (Phi) is 5.94. The van der Waals surface area contributed by atoms with E-state index in [0.717, 1.165) is 11.2 Å². The predicted octanol–water partition coefficient (Wildman–Crippen LogP) is 3.45. The molecule has 0 aliphatic carbocycles. The van der Waals surface area contributed by atoms with Crippen molar-refractivity contribution in [3.05, 3.63) is 40.4 Å². The van der Waals surface area contributed by atoms with Gasteiger partial charge in [0.15, 0.2) is 6.29 Å². The molecule has 0 fully saturated rings. The molecule has 24 heavy (non-hydrogen) atoms. The van der Waals surface area contributed by atoms with E-state index in [-0.39, 0.29) is 12.6 Å². The van der Waals surface area contributed by atoms with Gasteiger partial charge in [0, 0.05) is 16.7 Å². The summed E-state index contributed by atoms with van der Waals surface area (Å²) in [5, 5.41) is 3.11. The largest absolute Gasteiger partial charge is 0.493 e. The molecule has 1 aromatic carbocycles. The van der Waals surface area contributed by atoms with Gasteiger partial charge in [0.05, 0.1) is 18.8 Å². The number of carbonyl (C=O) groups is 2. The number of hydrogen-bond acceptors (Lipinski definition) is 6. The maximum absolute atomic E-state index is 12.6. The van der Waals surface area contributed by atoms with Gasteiger partial charge in [0.25, 0.3) is 0 Å². The number of aldehydes is 1. The molecule has 1 atom stereocenters. The van der Waals surface area contributed by atoms with Gasteiger partial charge < -0.3 is 14.8 Å². The summed E-state index contributed by atoms with van der Waals surface area (Å²) >= 11 is 1.38. The van der Waals surface area contributed by atoms with E-state index in [1.807, 2.05) is 20.8 Å². The summed E-state index contributed by atoms with van der Waals surface area (Å²) in [6.45, 7) is 8.58. The van der Waals surface area contributed by atoms with Gasteiger partial charge in [-0.25, -0.2) is 4.79 Å². The molecule has 5 nitrogen and oxygen atoms in total. The zero-order chi connectivity index (χ0) is 17.7. The molecule has 1 aliphatic heterocycles. The lowest BCUT2D eigenvalue weighted by Crippen LogP contribution is -2.42. The normalized spacial score (nSPS) is 19.6. The lowest BCUT2D eigenvalue weighted by atomic mass is 10.0. The van der Waals surface area contributed by atoms with E-state index in [0.29, 0.717) is 29.4 Å². The smallest absolute Gasteiger partial charge is 0.347 e. The van der Waals surface area contributed by atoms with Crippen LogP contribution < -0.4 is 10.1 Å². The maximum Gasteiger partial charge on any atom is 0.347 e. The molecule has 1 N–H and O–H groups in total. The molecule has 1 heterocycles. The third kappa shape index (κ3) is 3.75. The van der Waals surface area contributed by atoms with Crippen molar-refractivity contribution in [3.8, 4) is 5.75 Å². The molecule has 0 aromatic heterocycles. The fraction of sp³-hybridized carbons (Fsp3) is 0.444. The quantitative estimate of drug-likeness (QED) is 0.601. The first kappa shape index (κ1) is 18.4. The average Bonchev–Trinajstić information content (AvgIpc) is 2.96. The van der Waals surface area contributed by atoms with Crippen LogP contribution in [0, 0.1) is 5.92 Å². The van der Waals surface area contributed by atoms with E-state index in [1.165, 1.54) is 11.8 Å². The summed E-state index contributed by atoms with van der Waals surface area (Å²) in [5.74, 6) is 0.499. The minimum Gasteiger partial charge on any atom is -0.493 e. The van der Waals surface area contributed by atoms with Crippen molar-refractivity contribution in [2.75, 3.05) is 13.2 Å². The summed E-state index contributed by atoms with van der Waals surface area (Å²) in [6.07, 6.45) is 2.53. The minimum absolute atomic E-state index is 0.290. The fourth-order valence-corrected chi connectivity index (χ4v) is 3.45. The number of carbonyl (C=O) groups excluding carboxylic acids is 2. The van der Waals surface area contributed by atoms with Crippen molar-refractivity contribution in [1.82, 2.24) is 5.32 Å². The Morgan fingerprint density at radius 3 is 2.71 bits per heavy atom. The molecule has 6 heteroatoms. The topological polar surface area (TPSA) is 64.6 Å². The van der Waals surface area contributed by atoms with E-state index >= 15 is 0 Å². The number of hydrogen-bond donors (Lipinski definition) is 1. The number of thioether (sulfide) groups is 1. The number of esters is 1. The van der Waals surface area contributed by atoms with Gasteiger partial charge in [-0.1, -0.05) is 31.7 Å². The first-order valence-corrected chi connectivity index (χ1v) is 8.77. The highest BCUT2D eigenvalue weighted by Crippen LogP contribution is 2.44. The highest BCUT2D eigenvalue weighted by Gasteiger charge is 2.45. The van der Waals surface area contributed by atoms with Crippen molar-refractivity contribution >= 4 is 24.0 Å². The standard InChI is InChI=1S/C18H23NO4S/c1-5-22-17(21)18(19-9-13(4)24-18)15-6-7-16(14(8-15)10-20)23-11-12(2)3/h6-10,12,19H,5,11H2,1-4H3. The Hall–Kier alpha value is -1.95. The lowest BCUT2D eigenvalue weighted by Gasteiger charge is -2.28. The number of allylic oxidation sites excluding steroid dienone is 1. The van der Waals surface area contributed by atoms with E-state index in [2.05, 4.69) is 5.32 Å². The van der Waals surface area contributed by atoms with Crippen LogP contribution in [0.25, 0.3) is 0 Å². The van der Waals surface area contributed by atoms with E-state index in [9.17, 15) is 9.59 Å². The highest BCUT2D eigenvalue weighted by atomic mass is 32.2. The number of benzene rings is 1. The Morgan fingerprint density at radius 2 is 2.17 bits per heavy atom. The van der Waals surface area contributed by atoms with Crippen molar-refractivity contribution in [2.24, 2.45) is 5.92 Å². The van der Waals surface area contributed by atoms with Crippen molar-refractivity contribution in [1.29, 1.82) is 0 Å². The summed E-state index contributed by atoms with van der Waals surface area (Å²) in [5.41, 5.74) is 1.09. The van der Waals surface area contributed by atoms with E-state index in [4.69, 9.17) is 9.47 Å². The van der Waals surface area contributed by atoms with Gasteiger partial charge in [-0.3, -0.25) is 4.79 Å². The second-order valence-electron chi connectivity index (χ2n) is 5.98. The number of rotatable bonds is 7. The third-order valence-corrected chi connectivity index (χ3v) is 4.74. The van der Waals surface area contributed by atoms with Gasteiger partial charge in [-0.2, -0.15) is 0 Å². The van der Waals surface area contributed by atoms with Crippen LogP contribution in [0.5, 0.6) is 5.75 Å². The lowest BCUT2D eigenvalue weighted by molar-refractivity contribution is -0.147. The number of ether oxygens (including phenoxy) is 2. The molecule has 0 saturated carbocycles. The zero-order valence-electron chi connectivity index (χ0n) is 14.4. The molecule has 1 unspecified atom stereocenters. The van der Waals surface area contributed by atoms with E-state index in [1.54, 1.807) is 31.3 Å². The number of nitrogens with one attached hydrogen (secondary N) is 1. The van der Waals surface area contributed by atoms with Crippen LogP contribution in [0.1, 0.15) is 43.6 Å². The van der Waals surface area contributed by atoms with Crippen LogP contribution >= 0.6 is 11.8 Å². The second-order valence-corrected chi connectivity index (χ2v) is 7.44. The maximum atomic E-state index is 12.6. The van der Waals surface area contributed by atoms with Crippen LogP contribution in [0.2, 0.25) is 0 Å². The van der Waals surface area contributed by atoms with Crippen LogP contribution in [0.3, 0.4) is 0 Å². The third-order valence-electron chi connectivity index (χ3n) is 3.47. The van der Waals surface area contributed by atoms with Gasteiger partial charge in [0.1, 0.15) is 5.75 Å². The van der Waals surface area contributed by atoms with Crippen LogP contribution in [-0.2, 0) is 14.4 Å². The Labute approximate surface area is 146 Å². The molecular formula is C18H23NO4S. The Bertz CT molecular complexity index is 656. The summed E-state index contributed by atoms with van der Waals surface area (Å²) in [7, 11) is 0. The van der Waals surface area contributed by atoms with Crippen molar-refractivity contribution in [3.63, 3.8) is 0 Å². The van der Waals surface area contributed by atoms with Gasteiger partial charge >= 0.3 is 5.97 Å². The van der Waals surface area contributed by atoms with Crippen LogP contribution in [-0.4, -0.2) is 25.5 Å². The minimum atomic E-state index is -1.06. The molecule has 1 aromatic rings. The van der Waals surface area contributed by atoms with Gasteiger partial charge in [-0.05, 0) is 31.9 Å². The SMILES string of the molecule is CCOC(=O)C1(c2ccc(OCC(C)C)c(C=O)c2)NC=C(C)S1. The molecule has 0 radical (unpaired) electrons. The van der Waals surface area contributed by atoms with Crippen molar-refractivity contribution in [2.45, 2.75) is 32.6 Å². The zero-order valence-corrected chi connectivity index (χ0v) is 15.2. The summed E-state index contributed by atoms with van der Waals surface area (Å²) in [4.78, 5) is 23.9. The molecule has 2 rings (SSSR count). The van der Waals surface area contributed by atoms with Crippen molar-refractivity contribution < 1.29 is 19.1 Å². The monoisotopic (exact) mass is 349 g/mol. The fourth-order valence-electron chi connectivity index (χ4n) is 2.34. The molecule has 130 valence electrons. The first-order valence-electron chi connectivity index (χ1n) is 7.96. The van der Waals surface area contributed by atoms with Crippen LogP contribution in [0.15, 0.2) is 29.3 Å². The molecule has 1 aliphatic rings. The summed E-state index contributed by atoms with van der Waals surface area (Å²) < 4.78 is 10.9.